The van der Waals surface area contributed by atoms with Crippen molar-refractivity contribution in [2.45, 2.75) is 53.0 Å². The van der Waals surface area contributed by atoms with Crippen molar-refractivity contribution in [3.8, 4) is 0 Å². The lowest BCUT2D eigenvalue weighted by Crippen LogP contribution is -2.10. The summed E-state index contributed by atoms with van der Waals surface area (Å²) in [5.74, 6) is 0.779. The highest BCUT2D eigenvalue weighted by atomic mass is 32.1. The smallest absolute Gasteiger partial charge is 0.0900 e. The number of aryl methyl sites for hydroxylation is 2. The Bertz CT molecular complexity index is 305. The van der Waals surface area contributed by atoms with Crippen molar-refractivity contribution in [2.75, 3.05) is 0 Å². The van der Waals surface area contributed by atoms with Gasteiger partial charge in [0.2, 0.25) is 0 Å². The standard InChI is InChI=1S/C12H22N2S/c1-8(2)6-5-7-11(13)12-9(3)14-10(4)15-12/h8,11H,5-7,13H2,1-4H3. The van der Waals surface area contributed by atoms with E-state index in [0.29, 0.717) is 0 Å². The summed E-state index contributed by atoms with van der Waals surface area (Å²) in [5, 5.41) is 1.13. The van der Waals surface area contributed by atoms with Crippen LogP contribution in [-0.4, -0.2) is 4.98 Å². The minimum Gasteiger partial charge on any atom is -0.323 e. The third-order valence-electron chi connectivity index (χ3n) is 2.57. The van der Waals surface area contributed by atoms with Gasteiger partial charge in [0, 0.05) is 10.9 Å². The van der Waals surface area contributed by atoms with E-state index in [0.717, 1.165) is 23.0 Å². The molecule has 0 bridgehead atoms. The monoisotopic (exact) mass is 226 g/mol. The topological polar surface area (TPSA) is 38.9 Å². The van der Waals surface area contributed by atoms with Crippen molar-refractivity contribution in [3.63, 3.8) is 0 Å². The van der Waals surface area contributed by atoms with Gasteiger partial charge in [-0.3, -0.25) is 0 Å². The van der Waals surface area contributed by atoms with Crippen molar-refractivity contribution < 1.29 is 0 Å². The van der Waals surface area contributed by atoms with Gasteiger partial charge >= 0.3 is 0 Å². The Labute approximate surface area is 96.9 Å². The molecule has 1 aromatic rings. The predicted octanol–water partition coefficient (Wildman–Crippen LogP) is 3.59. The van der Waals surface area contributed by atoms with Crippen molar-refractivity contribution >= 4 is 11.3 Å². The lowest BCUT2D eigenvalue weighted by molar-refractivity contribution is 0.507. The molecule has 3 heteroatoms. The highest BCUT2D eigenvalue weighted by molar-refractivity contribution is 7.11. The summed E-state index contributed by atoms with van der Waals surface area (Å²) in [6.45, 7) is 8.62. The summed E-state index contributed by atoms with van der Waals surface area (Å²) in [5.41, 5.74) is 7.29. The molecule has 1 atom stereocenters. The zero-order valence-electron chi connectivity index (χ0n) is 10.2. The van der Waals surface area contributed by atoms with E-state index in [1.807, 2.05) is 6.92 Å². The van der Waals surface area contributed by atoms with Gasteiger partial charge in [0.15, 0.2) is 0 Å². The van der Waals surface area contributed by atoms with Crippen molar-refractivity contribution in [1.82, 2.24) is 4.98 Å². The third-order valence-corrected chi connectivity index (χ3v) is 3.78. The number of thiazole rings is 1. The lowest BCUT2D eigenvalue weighted by Gasteiger charge is -2.11. The molecule has 1 aromatic heterocycles. The van der Waals surface area contributed by atoms with Crippen LogP contribution >= 0.6 is 11.3 Å². The van der Waals surface area contributed by atoms with Crippen LogP contribution in [-0.2, 0) is 0 Å². The molecule has 1 unspecified atom stereocenters. The van der Waals surface area contributed by atoms with Gasteiger partial charge < -0.3 is 5.73 Å². The van der Waals surface area contributed by atoms with Gasteiger partial charge in [0.25, 0.3) is 0 Å². The molecule has 0 spiro atoms. The summed E-state index contributed by atoms with van der Waals surface area (Å²) >= 11 is 1.75. The molecule has 1 rings (SSSR count). The first-order valence-corrected chi connectivity index (χ1v) is 6.52. The fourth-order valence-corrected chi connectivity index (χ4v) is 2.73. The number of hydrogen-bond donors (Lipinski definition) is 1. The maximum Gasteiger partial charge on any atom is 0.0900 e. The van der Waals surface area contributed by atoms with E-state index in [4.69, 9.17) is 5.73 Å². The molecule has 0 aromatic carbocycles. The van der Waals surface area contributed by atoms with E-state index in [1.165, 1.54) is 17.7 Å². The highest BCUT2D eigenvalue weighted by Gasteiger charge is 2.13. The summed E-state index contributed by atoms with van der Waals surface area (Å²) in [6, 6.07) is 0.190. The third kappa shape index (κ3) is 3.92. The molecule has 86 valence electrons. The Morgan fingerprint density at radius 1 is 1.27 bits per heavy atom. The fraction of sp³-hybridized carbons (Fsp3) is 0.750. The first kappa shape index (κ1) is 12.7. The van der Waals surface area contributed by atoms with Crippen molar-refractivity contribution in [1.29, 1.82) is 0 Å². The Morgan fingerprint density at radius 3 is 2.40 bits per heavy atom. The van der Waals surface area contributed by atoms with Gasteiger partial charge in [-0.05, 0) is 26.2 Å². The van der Waals surface area contributed by atoms with Crippen LogP contribution in [0.1, 0.15) is 54.7 Å². The Balaban J connectivity index is 2.46. The SMILES string of the molecule is Cc1nc(C)c(C(N)CCCC(C)C)s1. The molecule has 0 fully saturated rings. The second-order valence-electron chi connectivity index (χ2n) is 4.61. The number of nitrogens with zero attached hydrogens (tertiary/aromatic N) is 1. The normalized spacial score (nSPS) is 13.5. The van der Waals surface area contributed by atoms with E-state index in [1.54, 1.807) is 11.3 Å². The van der Waals surface area contributed by atoms with Crippen LogP contribution in [0, 0.1) is 19.8 Å². The molecule has 0 aliphatic carbocycles. The molecule has 0 radical (unpaired) electrons. The van der Waals surface area contributed by atoms with E-state index in [9.17, 15) is 0 Å². The van der Waals surface area contributed by atoms with E-state index in [2.05, 4.69) is 25.8 Å². The predicted molar refractivity (Wildman–Crippen MR) is 67.2 cm³/mol. The number of hydrogen-bond acceptors (Lipinski definition) is 3. The minimum atomic E-state index is 0.190. The second kappa shape index (κ2) is 5.61. The molecule has 0 saturated heterocycles. The number of nitrogens with two attached hydrogens (primary N) is 1. The maximum absolute atomic E-state index is 6.17. The zero-order valence-corrected chi connectivity index (χ0v) is 11.0. The van der Waals surface area contributed by atoms with Crippen molar-refractivity contribution in [2.24, 2.45) is 11.7 Å². The quantitative estimate of drug-likeness (QED) is 0.833. The van der Waals surface area contributed by atoms with Crippen LogP contribution in [0.4, 0.5) is 0 Å². The molecule has 0 amide bonds. The summed E-state index contributed by atoms with van der Waals surface area (Å²) in [6.07, 6.45) is 3.57. The maximum atomic E-state index is 6.17. The number of aromatic nitrogens is 1. The van der Waals surface area contributed by atoms with Gasteiger partial charge in [-0.1, -0.05) is 26.7 Å². The summed E-state index contributed by atoms with van der Waals surface area (Å²) in [7, 11) is 0. The molecule has 0 aliphatic rings. The molecule has 0 saturated carbocycles. The molecule has 2 N–H and O–H groups in total. The average molecular weight is 226 g/mol. The highest BCUT2D eigenvalue weighted by Crippen LogP contribution is 2.26. The fourth-order valence-electron chi connectivity index (χ4n) is 1.77. The van der Waals surface area contributed by atoms with Crippen LogP contribution in [0.15, 0.2) is 0 Å². The number of rotatable bonds is 5. The largest absolute Gasteiger partial charge is 0.323 e. The Hall–Kier alpha value is -0.410. The van der Waals surface area contributed by atoms with Gasteiger partial charge in [-0.15, -0.1) is 11.3 Å². The van der Waals surface area contributed by atoms with Crippen LogP contribution in [0.25, 0.3) is 0 Å². The Morgan fingerprint density at radius 2 is 1.93 bits per heavy atom. The molecule has 15 heavy (non-hydrogen) atoms. The van der Waals surface area contributed by atoms with Crippen molar-refractivity contribution in [3.05, 3.63) is 15.6 Å². The lowest BCUT2D eigenvalue weighted by atomic mass is 10.0. The van der Waals surface area contributed by atoms with Crippen LogP contribution < -0.4 is 5.73 Å². The minimum absolute atomic E-state index is 0.190. The van der Waals surface area contributed by atoms with E-state index >= 15 is 0 Å². The Kier molecular flexibility index (Phi) is 4.74. The molecule has 0 aliphatic heterocycles. The van der Waals surface area contributed by atoms with Gasteiger partial charge in [0.05, 0.1) is 10.7 Å². The van der Waals surface area contributed by atoms with Crippen LogP contribution in [0.2, 0.25) is 0 Å². The van der Waals surface area contributed by atoms with Crippen LogP contribution in [0.3, 0.4) is 0 Å². The molecular formula is C12H22N2S. The van der Waals surface area contributed by atoms with Gasteiger partial charge in [-0.2, -0.15) is 0 Å². The second-order valence-corrected chi connectivity index (χ2v) is 5.85. The average Bonchev–Trinajstić information content (AvgIpc) is 2.44. The molecule has 2 nitrogen and oxygen atoms in total. The molecule has 1 heterocycles. The zero-order chi connectivity index (χ0) is 11.4. The van der Waals surface area contributed by atoms with Gasteiger partial charge in [0.1, 0.15) is 0 Å². The summed E-state index contributed by atoms with van der Waals surface area (Å²) in [4.78, 5) is 5.69. The van der Waals surface area contributed by atoms with E-state index < -0.39 is 0 Å². The first-order chi connectivity index (χ1) is 7.00. The molecular weight excluding hydrogens is 204 g/mol. The summed E-state index contributed by atoms with van der Waals surface area (Å²) < 4.78 is 0. The van der Waals surface area contributed by atoms with Gasteiger partial charge in [-0.25, -0.2) is 4.98 Å². The van der Waals surface area contributed by atoms with Crippen LogP contribution in [0.5, 0.6) is 0 Å². The first-order valence-electron chi connectivity index (χ1n) is 5.70. The van der Waals surface area contributed by atoms with E-state index in [-0.39, 0.29) is 6.04 Å².